The molecule has 1 aromatic carbocycles. The molecule has 35 heavy (non-hydrogen) atoms. The lowest BCUT2D eigenvalue weighted by atomic mass is 10.0. The third kappa shape index (κ3) is 4.84. The molecule has 1 aliphatic rings. The van der Waals surface area contributed by atoms with Gasteiger partial charge in [0.2, 0.25) is 5.91 Å². The van der Waals surface area contributed by atoms with Crippen LogP contribution in [0.1, 0.15) is 26.5 Å². The molecule has 0 spiro atoms. The number of halogens is 1. The van der Waals surface area contributed by atoms with Crippen molar-refractivity contribution >= 4 is 28.6 Å². The number of hydrogen-bond donors (Lipinski definition) is 1. The molecule has 3 aromatic rings. The SMILES string of the molecule is COc1ccc(F)cc1-c1ccnc2[nH]c(C3=CC(C(=O)N(C)C)N(C(=O)OC(C)(C)C)C3)cc12. The van der Waals surface area contributed by atoms with Gasteiger partial charge in [-0.3, -0.25) is 9.69 Å². The number of aromatic amines is 1. The van der Waals surface area contributed by atoms with Crippen molar-refractivity contribution < 1.29 is 23.5 Å². The van der Waals surface area contributed by atoms with Gasteiger partial charge in [-0.25, -0.2) is 14.2 Å². The van der Waals surface area contributed by atoms with E-state index in [0.29, 0.717) is 22.7 Å². The van der Waals surface area contributed by atoms with Gasteiger partial charge in [-0.15, -0.1) is 0 Å². The Hall–Kier alpha value is -3.88. The molecule has 0 radical (unpaired) electrons. The maximum Gasteiger partial charge on any atom is 0.411 e. The molecule has 1 unspecified atom stereocenters. The van der Waals surface area contributed by atoms with Crippen LogP contribution in [0.2, 0.25) is 0 Å². The molecular formula is C26H29FN4O4. The minimum atomic E-state index is -0.794. The van der Waals surface area contributed by atoms with E-state index in [1.807, 2.05) is 6.07 Å². The third-order valence-electron chi connectivity index (χ3n) is 5.69. The number of carbonyl (C=O) groups excluding carboxylic acids is 2. The number of nitrogens with zero attached hydrogens (tertiary/aromatic N) is 3. The molecule has 4 rings (SSSR count). The Morgan fingerprint density at radius 1 is 1.17 bits per heavy atom. The van der Waals surface area contributed by atoms with Crippen molar-refractivity contribution in [1.82, 2.24) is 19.8 Å². The first-order valence-corrected chi connectivity index (χ1v) is 11.2. The highest BCUT2D eigenvalue weighted by atomic mass is 19.1. The van der Waals surface area contributed by atoms with E-state index in [-0.39, 0.29) is 18.3 Å². The van der Waals surface area contributed by atoms with Crippen molar-refractivity contribution in [2.45, 2.75) is 32.4 Å². The number of benzene rings is 1. The van der Waals surface area contributed by atoms with Crippen LogP contribution >= 0.6 is 0 Å². The predicted molar refractivity (Wildman–Crippen MR) is 131 cm³/mol. The molecule has 1 atom stereocenters. The molecule has 3 heterocycles. The van der Waals surface area contributed by atoms with Crippen LogP contribution in [0.3, 0.4) is 0 Å². The summed E-state index contributed by atoms with van der Waals surface area (Å²) in [6.45, 7) is 5.53. The Morgan fingerprint density at radius 3 is 2.57 bits per heavy atom. The van der Waals surface area contributed by atoms with E-state index < -0.39 is 17.7 Å². The van der Waals surface area contributed by atoms with Crippen LogP contribution in [0.5, 0.6) is 5.75 Å². The van der Waals surface area contributed by atoms with Crippen LogP contribution in [0.25, 0.3) is 27.7 Å². The van der Waals surface area contributed by atoms with Crippen LogP contribution in [-0.2, 0) is 9.53 Å². The highest BCUT2D eigenvalue weighted by Crippen LogP contribution is 2.37. The Balaban J connectivity index is 1.76. The van der Waals surface area contributed by atoms with Gasteiger partial charge in [0.05, 0.1) is 13.7 Å². The standard InChI is InChI=1S/C26H29FN4O4/c1-26(2,3)35-25(33)31-14-15(11-21(31)24(32)30(4)5)20-13-19-17(9-10-28-23(19)29-20)18-12-16(27)7-8-22(18)34-6/h7-13,21H,14H2,1-6H3,(H,28,29). The monoisotopic (exact) mass is 480 g/mol. The topological polar surface area (TPSA) is 87.8 Å². The van der Waals surface area contributed by atoms with Crippen molar-refractivity contribution in [3.8, 4) is 16.9 Å². The molecule has 0 fully saturated rings. The Bertz CT molecular complexity index is 1320. The van der Waals surface area contributed by atoms with Gasteiger partial charge in [0.25, 0.3) is 0 Å². The quantitative estimate of drug-likeness (QED) is 0.595. The molecule has 0 saturated carbocycles. The van der Waals surface area contributed by atoms with Crippen molar-refractivity contribution in [1.29, 1.82) is 0 Å². The number of nitrogens with one attached hydrogen (secondary N) is 1. The fourth-order valence-corrected chi connectivity index (χ4v) is 4.08. The number of likely N-dealkylation sites (N-methyl/N-ethyl adjacent to an activating group) is 1. The van der Waals surface area contributed by atoms with Crippen LogP contribution in [0.15, 0.2) is 42.6 Å². The maximum absolute atomic E-state index is 14.1. The number of aromatic nitrogens is 2. The highest BCUT2D eigenvalue weighted by Gasteiger charge is 2.38. The number of carbonyl (C=O) groups is 2. The second-order valence-corrected chi connectivity index (χ2v) is 9.63. The second kappa shape index (κ2) is 9.05. The summed E-state index contributed by atoms with van der Waals surface area (Å²) >= 11 is 0. The Labute approximate surface area is 203 Å². The summed E-state index contributed by atoms with van der Waals surface area (Å²) in [7, 11) is 4.83. The van der Waals surface area contributed by atoms with Gasteiger partial charge in [-0.1, -0.05) is 0 Å². The second-order valence-electron chi connectivity index (χ2n) is 9.63. The summed E-state index contributed by atoms with van der Waals surface area (Å²) in [6, 6.07) is 7.25. The molecule has 0 saturated heterocycles. The first-order chi connectivity index (χ1) is 16.5. The fourth-order valence-electron chi connectivity index (χ4n) is 4.08. The predicted octanol–water partition coefficient (Wildman–Crippen LogP) is 4.47. The van der Waals surface area contributed by atoms with Crippen LogP contribution in [-0.4, -0.2) is 71.2 Å². The first kappa shape index (κ1) is 24.3. The van der Waals surface area contributed by atoms with Gasteiger partial charge in [-0.2, -0.15) is 0 Å². The average molecular weight is 481 g/mol. The van der Waals surface area contributed by atoms with Gasteiger partial charge in [-0.05, 0) is 68.3 Å². The molecule has 9 heteroatoms. The zero-order valence-electron chi connectivity index (χ0n) is 20.7. The lowest BCUT2D eigenvalue weighted by molar-refractivity contribution is -0.132. The number of rotatable bonds is 4. The fraction of sp³-hybridized carbons (Fsp3) is 0.346. The summed E-state index contributed by atoms with van der Waals surface area (Å²) in [4.78, 5) is 36.4. The highest BCUT2D eigenvalue weighted by molar-refractivity contribution is 5.98. The Morgan fingerprint density at radius 2 is 1.91 bits per heavy atom. The number of hydrogen-bond acceptors (Lipinski definition) is 5. The third-order valence-corrected chi connectivity index (χ3v) is 5.69. The molecule has 1 aliphatic heterocycles. The van der Waals surface area contributed by atoms with Crippen LogP contribution in [0.4, 0.5) is 9.18 Å². The summed E-state index contributed by atoms with van der Waals surface area (Å²) in [5.74, 6) is -0.0715. The van der Waals surface area contributed by atoms with E-state index in [2.05, 4.69) is 9.97 Å². The van der Waals surface area contributed by atoms with Crippen LogP contribution < -0.4 is 4.74 Å². The van der Waals surface area contributed by atoms with E-state index in [1.54, 1.807) is 59.3 Å². The van der Waals surface area contributed by atoms with Crippen LogP contribution in [0, 0.1) is 5.82 Å². The number of fused-ring (bicyclic) bond motifs is 1. The number of H-pyrrole nitrogens is 1. The Kier molecular flexibility index (Phi) is 6.27. The van der Waals surface area contributed by atoms with Gasteiger partial charge in [0, 0.05) is 36.9 Å². The normalized spacial score (nSPS) is 15.8. The van der Waals surface area contributed by atoms with E-state index >= 15 is 0 Å². The maximum atomic E-state index is 14.1. The molecule has 0 bridgehead atoms. The lowest BCUT2D eigenvalue weighted by Gasteiger charge is -2.29. The van der Waals surface area contributed by atoms with Crippen molar-refractivity contribution in [2.75, 3.05) is 27.7 Å². The summed E-state index contributed by atoms with van der Waals surface area (Å²) < 4.78 is 25.1. The molecule has 8 nitrogen and oxygen atoms in total. The summed E-state index contributed by atoms with van der Waals surface area (Å²) in [5, 5.41) is 0.763. The van der Waals surface area contributed by atoms with E-state index in [4.69, 9.17) is 9.47 Å². The van der Waals surface area contributed by atoms with Gasteiger partial charge >= 0.3 is 6.09 Å². The summed E-state index contributed by atoms with van der Waals surface area (Å²) in [5.41, 5.74) is 2.70. The molecule has 0 aliphatic carbocycles. The summed E-state index contributed by atoms with van der Waals surface area (Å²) in [6.07, 6.45) is 2.83. The van der Waals surface area contributed by atoms with Crippen molar-refractivity contribution in [3.63, 3.8) is 0 Å². The number of methoxy groups -OCH3 is 1. The molecule has 2 aromatic heterocycles. The smallest absolute Gasteiger partial charge is 0.411 e. The first-order valence-electron chi connectivity index (χ1n) is 11.2. The van der Waals surface area contributed by atoms with Crippen molar-refractivity contribution in [3.05, 3.63) is 54.1 Å². The average Bonchev–Trinajstić information content (AvgIpc) is 3.41. The van der Waals surface area contributed by atoms with Gasteiger partial charge in [0.15, 0.2) is 0 Å². The zero-order chi connectivity index (χ0) is 25.5. The molecule has 1 N–H and O–H groups in total. The number of amides is 2. The minimum Gasteiger partial charge on any atom is -0.496 e. The molecule has 184 valence electrons. The van der Waals surface area contributed by atoms with E-state index in [1.165, 1.54) is 29.0 Å². The largest absolute Gasteiger partial charge is 0.496 e. The van der Waals surface area contributed by atoms with E-state index in [9.17, 15) is 14.0 Å². The van der Waals surface area contributed by atoms with E-state index in [0.717, 1.165) is 16.5 Å². The minimum absolute atomic E-state index is 0.185. The van der Waals surface area contributed by atoms with Crippen molar-refractivity contribution in [2.24, 2.45) is 0 Å². The van der Waals surface area contributed by atoms with Gasteiger partial charge in [0.1, 0.15) is 28.9 Å². The molecule has 2 amide bonds. The number of ether oxygens (including phenoxy) is 2. The lowest BCUT2D eigenvalue weighted by Crippen LogP contribution is -2.47. The van der Waals surface area contributed by atoms with Gasteiger partial charge < -0.3 is 19.4 Å². The number of pyridine rings is 1. The zero-order valence-corrected chi connectivity index (χ0v) is 20.7. The molecular weight excluding hydrogens is 451 g/mol.